The van der Waals surface area contributed by atoms with E-state index in [0.717, 1.165) is 22.3 Å². The normalized spacial score (nSPS) is 10.3. The first-order chi connectivity index (χ1) is 7.40. The van der Waals surface area contributed by atoms with Gasteiger partial charge in [0.25, 0.3) is 0 Å². The van der Waals surface area contributed by atoms with E-state index in [9.17, 15) is 4.79 Å². The Morgan fingerprint density at radius 3 is 2.00 bits per heavy atom. The van der Waals surface area contributed by atoms with Crippen LogP contribution in [-0.4, -0.2) is 18.2 Å². The predicted molar refractivity (Wildman–Crippen MR) is 63.3 cm³/mol. The van der Waals surface area contributed by atoms with Crippen molar-refractivity contribution in [3.8, 4) is 5.75 Å². The summed E-state index contributed by atoms with van der Waals surface area (Å²) in [4.78, 5) is 10.8. The first-order valence-corrected chi connectivity index (χ1v) is 5.25. The number of rotatable bonds is 3. The summed E-state index contributed by atoms with van der Waals surface area (Å²) in [5, 5.41) is 8.91. The maximum atomic E-state index is 10.8. The number of aliphatic carboxylic acids is 1. The molecular formula is C13H18O3. The van der Waals surface area contributed by atoms with Gasteiger partial charge in [-0.05, 0) is 49.9 Å². The minimum Gasteiger partial charge on any atom is -0.496 e. The summed E-state index contributed by atoms with van der Waals surface area (Å²) in [7, 11) is 1.59. The zero-order chi connectivity index (χ0) is 12.5. The number of benzene rings is 1. The topological polar surface area (TPSA) is 46.5 Å². The summed E-state index contributed by atoms with van der Waals surface area (Å²) in [6, 6.07) is 0. The molecule has 88 valence electrons. The molecule has 0 amide bonds. The summed E-state index contributed by atoms with van der Waals surface area (Å²) in [5.41, 5.74) is 5.15. The van der Waals surface area contributed by atoms with E-state index in [1.165, 1.54) is 5.56 Å². The Bertz CT molecular complexity index is 434. The summed E-state index contributed by atoms with van der Waals surface area (Å²) in [6.45, 7) is 7.96. The van der Waals surface area contributed by atoms with Gasteiger partial charge < -0.3 is 9.84 Å². The van der Waals surface area contributed by atoms with E-state index in [2.05, 4.69) is 0 Å². The van der Waals surface area contributed by atoms with Crippen molar-refractivity contribution in [3.05, 3.63) is 27.8 Å². The van der Waals surface area contributed by atoms with E-state index >= 15 is 0 Å². The van der Waals surface area contributed by atoms with Gasteiger partial charge in [-0.2, -0.15) is 0 Å². The zero-order valence-electron chi connectivity index (χ0n) is 10.5. The van der Waals surface area contributed by atoms with Gasteiger partial charge in [0.1, 0.15) is 5.75 Å². The molecule has 16 heavy (non-hydrogen) atoms. The van der Waals surface area contributed by atoms with Crippen LogP contribution in [0.2, 0.25) is 0 Å². The largest absolute Gasteiger partial charge is 0.496 e. The van der Waals surface area contributed by atoms with E-state index in [1.54, 1.807) is 7.11 Å². The molecule has 3 heteroatoms. The van der Waals surface area contributed by atoms with Gasteiger partial charge in [-0.25, -0.2) is 0 Å². The van der Waals surface area contributed by atoms with Crippen LogP contribution in [0, 0.1) is 27.7 Å². The molecule has 1 rings (SSSR count). The lowest BCUT2D eigenvalue weighted by atomic mass is 9.92. The van der Waals surface area contributed by atoms with Gasteiger partial charge in [-0.15, -0.1) is 0 Å². The average Bonchev–Trinajstić information content (AvgIpc) is 2.23. The summed E-state index contributed by atoms with van der Waals surface area (Å²) in [5.74, 6) is -0.118. The minimum atomic E-state index is -0.830. The Morgan fingerprint density at radius 1 is 1.06 bits per heavy atom. The van der Waals surface area contributed by atoms with Crippen LogP contribution in [0.15, 0.2) is 0 Å². The highest BCUT2D eigenvalue weighted by Gasteiger charge is 2.17. The Balaban J connectivity index is 3.50. The van der Waals surface area contributed by atoms with Crippen LogP contribution in [0.25, 0.3) is 0 Å². The Labute approximate surface area is 96.1 Å². The van der Waals surface area contributed by atoms with Crippen LogP contribution >= 0.6 is 0 Å². The van der Waals surface area contributed by atoms with Gasteiger partial charge in [-0.1, -0.05) is 0 Å². The van der Waals surface area contributed by atoms with Gasteiger partial charge in [-0.3, -0.25) is 4.79 Å². The SMILES string of the molecule is COc1c(C)c(C)c(C)c(C)c1CC(=O)O. The van der Waals surface area contributed by atoms with Crippen LogP contribution in [-0.2, 0) is 11.2 Å². The highest BCUT2D eigenvalue weighted by atomic mass is 16.5. The van der Waals surface area contributed by atoms with Crippen LogP contribution in [0.5, 0.6) is 5.75 Å². The zero-order valence-corrected chi connectivity index (χ0v) is 10.5. The molecule has 0 radical (unpaired) electrons. The fraction of sp³-hybridized carbons (Fsp3) is 0.462. The molecule has 0 saturated carbocycles. The molecule has 0 aliphatic carbocycles. The van der Waals surface area contributed by atoms with E-state index in [0.29, 0.717) is 5.75 Å². The molecule has 1 aromatic rings. The van der Waals surface area contributed by atoms with Gasteiger partial charge >= 0.3 is 5.97 Å². The summed E-state index contributed by atoms with van der Waals surface area (Å²) >= 11 is 0. The molecule has 0 saturated heterocycles. The monoisotopic (exact) mass is 222 g/mol. The number of carboxylic acids is 1. The van der Waals surface area contributed by atoms with Crippen molar-refractivity contribution in [1.29, 1.82) is 0 Å². The molecule has 1 aromatic carbocycles. The molecule has 0 heterocycles. The molecular weight excluding hydrogens is 204 g/mol. The summed E-state index contributed by atoms with van der Waals surface area (Å²) < 4.78 is 5.33. The number of ether oxygens (including phenoxy) is 1. The van der Waals surface area contributed by atoms with Crippen LogP contribution in [0.4, 0.5) is 0 Å². The second kappa shape index (κ2) is 4.56. The van der Waals surface area contributed by atoms with Gasteiger partial charge in [0, 0.05) is 5.56 Å². The third-order valence-corrected chi connectivity index (χ3v) is 3.29. The molecule has 3 nitrogen and oxygen atoms in total. The molecule has 1 N–H and O–H groups in total. The van der Waals surface area contributed by atoms with Crippen molar-refractivity contribution in [2.45, 2.75) is 34.1 Å². The van der Waals surface area contributed by atoms with Crippen molar-refractivity contribution >= 4 is 5.97 Å². The second-order valence-corrected chi connectivity index (χ2v) is 4.08. The fourth-order valence-electron chi connectivity index (χ4n) is 2.00. The molecule has 0 atom stereocenters. The molecule has 0 aliphatic rings. The number of carboxylic acid groups (broad SMARTS) is 1. The molecule has 0 aliphatic heterocycles. The third kappa shape index (κ3) is 2.03. The predicted octanol–water partition coefficient (Wildman–Crippen LogP) is 2.56. The molecule has 0 unspecified atom stereocenters. The third-order valence-electron chi connectivity index (χ3n) is 3.29. The van der Waals surface area contributed by atoms with Crippen molar-refractivity contribution in [2.75, 3.05) is 7.11 Å². The fourth-order valence-corrected chi connectivity index (χ4v) is 2.00. The first kappa shape index (κ1) is 12.6. The number of carbonyl (C=O) groups is 1. The lowest BCUT2D eigenvalue weighted by molar-refractivity contribution is -0.136. The van der Waals surface area contributed by atoms with Crippen molar-refractivity contribution < 1.29 is 14.6 Å². The minimum absolute atomic E-state index is 0.0109. The molecule has 0 aromatic heterocycles. The average molecular weight is 222 g/mol. The van der Waals surface area contributed by atoms with E-state index < -0.39 is 5.97 Å². The molecule has 0 spiro atoms. The van der Waals surface area contributed by atoms with Crippen LogP contribution < -0.4 is 4.74 Å². The van der Waals surface area contributed by atoms with E-state index in [-0.39, 0.29) is 6.42 Å². The molecule has 0 fully saturated rings. The maximum Gasteiger partial charge on any atom is 0.307 e. The Kier molecular flexibility index (Phi) is 3.58. The van der Waals surface area contributed by atoms with Crippen molar-refractivity contribution in [3.63, 3.8) is 0 Å². The first-order valence-electron chi connectivity index (χ1n) is 5.25. The van der Waals surface area contributed by atoms with E-state index in [1.807, 2.05) is 27.7 Å². The quantitative estimate of drug-likeness (QED) is 0.855. The van der Waals surface area contributed by atoms with Crippen molar-refractivity contribution in [1.82, 2.24) is 0 Å². The number of methoxy groups -OCH3 is 1. The van der Waals surface area contributed by atoms with Gasteiger partial charge in [0.15, 0.2) is 0 Å². The second-order valence-electron chi connectivity index (χ2n) is 4.08. The van der Waals surface area contributed by atoms with Gasteiger partial charge in [0.05, 0.1) is 13.5 Å². The van der Waals surface area contributed by atoms with Crippen molar-refractivity contribution in [2.24, 2.45) is 0 Å². The standard InChI is InChI=1S/C13H18O3/c1-7-8(2)10(4)13(16-5)11(9(7)3)6-12(14)15/h6H2,1-5H3,(H,14,15). The Morgan fingerprint density at radius 2 is 1.56 bits per heavy atom. The lowest BCUT2D eigenvalue weighted by Gasteiger charge is -2.18. The smallest absolute Gasteiger partial charge is 0.307 e. The molecule has 0 bridgehead atoms. The number of hydrogen-bond acceptors (Lipinski definition) is 2. The highest BCUT2D eigenvalue weighted by molar-refractivity contribution is 5.73. The highest BCUT2D eigenvalue weighted by Crippen LogP contribution is 2.32. The van der Waals surface area contributed by atoms with Crippen LogP contribution in [0.3, 0.4) is 0 Å². The maximum absolute atomic E-state index is 10.8. The Hall–Kier alpha value is -1.51. The summed E-state index contributed by atoms with van der Waals surface area (Å²) in [6.07, 6.45) is 0.0109. The van der Waals surface area contributed by atoms with Gasteiger partial charge in [0.2, 0.25) is 0 Å². The van der Waals surface area contributed by atoms with E-state index in [4.69, 9.17) is 9.84 Å². The van der Waals surface area contributed by atoms with Crippen LogP contribution in [0.1, 0.15) is 27.8 Å². The lowest BCUT2D eigenvalue weighted by Crippen LogP contribution is -2.08. The number of hydrogen-bond donors (Lipinski definition) is 1.